The van der Waals surface area contributed by atoms with Crippen LogP contribution in [0.15, 0.2) is 30.6 Å². The van der Waals surface area contributed by atoms with Crippen LogP contribution in [0.1, 0.15) is 26.0 Å². The number of nitrogens with zero attached hydrogens (tertiary/aromatic N) is 2. The minimum Gasteiger partial charge on any atom is -0.320 e. The summed E-state index contributed by atoms with van der Waals surface area (Å²) in [6.07, 6.45) is 4.65. The molecule has 2 N–H and O–H groups in total. The number of imidazole rings is 1. The number of hydrogen-bond acceptors (Lipinski definition) is 2. The highest BCUT2D eigenvalue weighted by Gasteiger charge is 2.21. The van der Waals surface area contributed by atoms with E-state index in [2.05, 4.69) is 18.0 Å². The first kappa shape index (κ1) is 9.21. The zero-order valence-corrected chi connectivity index (χ0v) is 8.57. The molecule has 2 aromatic rings. The van der Waals surface area contributed by atoms with Gasteiger partial charge in [-0.25, -0.2) is 4.98 Å². The summed E-state index contributed by atoms with van der Waals surface area (Å²) >= 11 is 0. The quantitative estimate of drug-likeness (QED) is 0.784. The summed E-state index contributed by atoms with van der Waals surface area (Å²) in [5.74, 6) is 0. The second-order valence-corrected chi connectivity index (χ2v) is 3.84. The Kier molecular flexibility index (Phi) is 2.04. The fourth-order valence-corrected chi connectivity index (χ4v) is 1.59. The first-order valence-corrected chi connectivity index (χ1v) is 4.86. The molecular formula is C11H15N3. The predicted octanol–water partition coefficient (Wildman–Crippen LogP) is 1.92. The molecule has 2 aromatic heterocycles. The predicted molar refractivity (Wildman–Crippen MR) is 57.0 cm³/mol. The lowest BCUT2D eigenvalue weighted by Crippen LogP contribution is -2.34. The highest BCUT2D eigenvalue weighted by atomic mass is 15.0. The van der Waals surface area contributed by atoms with E-state index in [1.807, 2.05) is 29.7 Å². The summed E-state index contributed by atoms with van der Waals surface area (Å²) in [7, 11) is 0. The fraction of sp³-hybridized carbons (Fsp3) is 0.364. The van der Waals surface area contributed by atoms with Crippen molar-refractivity contribution in [2.45, 2.75) is 25.8 Å². The zero-order chi connectivity index (χ0) is 10.2. The van der Waals surface area contributed by atoms with Crippen LogP contribution in [0.5, 0.6) is 0 Å². The SMILES string of the molecule is CCC(C)(N)c1cccc2nccn12. The van der Waals surface area contributed by atoms with Gasteiger partial charge >= 0.3 is 0 Å². The third kappa shape index (κ3) is 1.30. The number of aromatic nitrogens is 2. The van der Waals surface area contributed by atoms with Crippen molar-refractivity contribution >= 4 is 5.65 Å². The van der Waals surface area contributed by atoms with Crippen LogP contribution >= 0.6 is 0 Å². The molecule has 0 spiro atoms. The molecule has 0 radical (unpaired) electrons. The van der Waals surface area contributed by atoms with Crippen molar-refractivity contribution in [3.8, 4) is 0 Å². The Morgan fingerprint density at radius 3 is 3.00 bits per heavy atom. The van der Waals surface area contributed by atoms with Crippen molar-refractivity contribution < 1.29 is 0 Å². The molecule has 1 atom stereocenters. The summed E-state index contributed by atoms with van der Waals surface area (Å²) in [4.78, 5) is 4.23. The maximum Gasteiger partial charge on any atom is 0.136 e. The standard InChI is InChI=1S/C11H15N3/c1-3-11(2,12)9-5-4-6-10-13-7-8-14(9)10/h4-8H,3,12H2,1-2H3. The summed E-state index contributed by atoms with van der Waals surface area (Å²) < 4.78 is 2.05. The summed E-state index contributed by atoms with van der Waals surface area (Å²) in [6.45, 7) is 4.14. The molecule has 0 aliphatic carbocycles. The van der Waals surface area contributed by atoms with Crippen molar-refractivity contribution in [1.82, 2.24) is 9.38 Å². The molecule has 0 aliphatic heterocycles. The van der Waals surface area contributed by atoms with E-state index in [1.165, 1.54) is 0 Å². The fourth-order valence-electron chi connectivity index (χ4n) is 1.59. The van der Waals surface area contributed by atoms with Crippen LogP contribution in [0.3, 0.4) is 0 Å². The van der Waals surface area contributed by atoms with Crippen molar-refractivity contribution in [3.63, 3.8) is 0 Å². The minimum atomic E-state index is -0.291. The molecule has 14 heavy (non-hydrogen) atoms. The average molecular weight is 189 g/mol. The Bertz CT molecular complexity index is 442. The van der Waals surface area contributed by atoms with Crippen LogP contribution in [-0.4, -0.2) is 9.38 Å². The van der Waals surface area contributed by atoms with Gasteiger partial charge in [-0.15, -0.1) is 0 Å². The molecular weight excluding hydrogens is 174 g/mol. The summed E-state index contributed by atoms with van der Waals surface area (Å²) in [5.41, 5.74) is 7.98. The van der Waals surface area contributed by atoms with Gasteiger partial charge < -0.3 is 10.1 Å². The van der Waals surface area contributed by atoms with E-state index in [1.54, 1.807) is 6.20 Å². The van der Waals surface area contributed by atoms with Gasteiger partial charge in [0.05, 0.1) is 5.54 Å². The molecule has 0 amide bonds. The van der Waals surface area contributed by atoms with Crippen LogP contribution in [0, 0.1) is 0 Å². The molecule has 0 bridgehead atoms. The normalized spacial score (nSPS) is 15.6. The van der Waals surface area contributed by atoms with Gasteiger partial charge in [0.2, 0.25) is 0 Å². The van der Waals surface area contributed by atoms with Gasteiger partial charge in [-0.2, -0.15) is 0 Å². The second-order valence-electron chi connectivity index (χ2n) is 3.84. The smallest absolute Gasteiger partial charge is 0.136 e. The third-order valence-electron chi connectivity index (χ3n) is 2.75. The number of fused-ring (bicyclic) bond motifs is 1. The Morgan fingerprint density at radius 2 is 2.29 bits per heavy atom. The Balaban J connectivity index is 2.67. The van der Waals surface area contributed by atoms with Crippen LogP contribution in [0.25, 0.3) is 5.65 Å². The molecule has 3 heteroatoms. The Morgan fingerprint density at radius 1 is 1.50 bits per heavy atom. The van der Waals surface area contributed by atoms with Crippen molar-refractivity contribution in [1.29, 1.82) is 0 Å². The van der Waals surface area contributed by atoms with E-state index in [9.17, 15) is 0 Å². The number of rotatable bonds is 2. The first-order valence-electron chi connectivity index (χ1n) is 4.86. The van der Waals surface area contributed by atoms with E-state index in [0.29, 0.717) is 0 Å². The number of nitrogens with two attached hydrogens (primary N) is 1. The lowest BCUT2D eigenvalue weighted by molar-refractivity contribution is 0.456. The highest BCUT2D eigenvalue weighted by molar-refractivity contribution is 5.41. The van der Waals surface area contributed by atoms with E-state index in [0.717, 1.165) is 17.8 Å². The molecule has 2 rings (SSSR count). The molecule has 0 saturated carbocycles. The minimum absolute atomic E-state index is 0.291. The van der Waals surface area contributed by atoms with Gasteiger partial charge in [0.15, 0.2) is 0 Å². The molecule has 1 unspecified atom stereocenters. The zero-order valence-electron chi connectivity index (χ0n) is 8.57. The van der Waals surface area contributed by atoms with Gasteiger partial charge in [0, 0.05) is 18.1 Å². The van der Waals surface area contributed by atoms with E-state index in [4.69, 9.17) is 5.73 Å². The Labute approximate surface area is 83.6 Å². The molecule has 74 valence electrons. The first-order chi connectivity index (χ1) is 6.65. The molecule has 3 nitrogen and oxygen atoms in total. The maximum absolute atomic E-state index is 6.21. The largest absolute Gasteiger partial charge is 0.320 e. The third-order valence-corrected chi connectivity index (χ3v) is 2.75. The summed E-state index contributed by atoms with van der Waals surface area (Å²) in [6, 6.07) is 6.03. The average Bonchev–Trinajstić information content (AvgIpc) is 2.64. The number of hydrogen-bond donors (Lipinski definition) is 1. The highest BCUT2D eigenvalue weighted by Crippen LogP contribution is 2.21. The lowest BCUT2D eigenvalue weighted by atomic mass is 9.95. The molecule has 0 aliphatic rings. The van der Waals surface area contributed by atoms with Gasteiger partial charge in [0.25, 0.3) is 0 Å². The van der Waals surface area contributed by atoms with Crippen LogP contribution < -0.4 is 5.73 Å². The number of pyridine rings is 1. The van der Waals surface area contributed by atoms with Crippen molar-refractivity contribution in [2.75, 3.05) is 0 Å². The van der Waals surface area contributed by atoms with Gasteiger partial charge in [-0.1, -0.05) is 13.0 Å². The maximum atomic E-state index is 6.21. The summed E-state index contributed by atoms with van der Waals surface area (Å²) in [5, 5.41) is 0. The van der Waals surface area contributed by atoms with Gasteiger partial charge in [-0.05, 0) is 25.5 Å². The van der Waals surface area contributed by atoms with Crippen LogP contribution in [0.4, 0.5) is 0 Å². The van der Waals surface area contributed by atoms with E-state index in [-0.39, 0.29) is 5.54 Å². The second kappa shape index (κ2) is 3.10. The van der Waals surface area contributed by atoms with Crippen LogP contribution in [0.2, 0.25) is 0 Å². The Hall–Kier alpha value is -1.35. The van der Waals surface area contributed by atoms with E-state index < -0.39 is 0 Å². The molecule has 0 aromatic carbocycles. The molecule has 0 saturated heterocycles. The van der Waals surface area contributed by atoms with Crippen molar-refractivity contribution in [3.05, 3.63) is 36.3 Å². The lowest BCUT2D eigenvalue weighted by Gasteiger charge is -2.24. The van der Waals surface area contributed by atoms with Gasteiger partial charge in [-0.3, -0.25) is 0 Å². The topological polar surface area (TPSA) is 43.3 Å². The van der Waals surface area contributed by atoms with Gasteiger partial charge in [0.1, 0.15) is 5.65 Å². The molecule has 2 heterocycles. The molecule has 0 fully saturated rings. The van der Waals surface area contributed by atoms with E-state index >= 15 is 0 Å². The monoisotopic (exact) mass is 189 g/mol. The van der Waals surface area contributed by atoms with Crippen LogP contribution in [-0.2, 0) is 5.54 Å². The van der Waals surface area contributed by atoms with Crippen molar-refractivity contribution in [2.24, 2.45) is 5.73 Å².